The third-order valence-electron chi connectivity index (χ3n) is 2.70. The van der Waals surface area contributed by atoms with E-state index in [4.69, 9.17) is 16.7 Å². The Kier molecular flexibility index (Phi) is 2.13. The molecular weight excluding hydrogens is 178 g/mol. The Labute approximate surface area is 82.2 Å². The minimum absolute atomic E-state index is 0.0939. The van der Waals surface area contributed by atoms with Gasteiger partial charge in [0, 0.05) is 11.6 Å². The molecule has 4 nitrogen and oxygen atoms in total. The fourth-order valence-corrected chi connectivity index (χ4v) is 1.98. The van der Waals surface area contributed by atoms with Crippen molar-refractivity contribution >= 4 is 5.84 Å². The van der Waals surface area contributed by atoms with E-state index in [0.717, 1.165) is 29.5 Å². The van der Waals surface area contributed by atoms with Gasteiger partial charge < -0.3 is 16.7 Å². The van der Waals surface area contributed by atoms with E-state index in [-0.39, 0.29) is 11.9 Å². The number of benzene rings is 1. The van der Waals surface area contributed by atoms with E-state index in [1.165, 1.54) is 0 Å². The molecule has 1 aliphatic carbocycles. The van der Waals surface area contributed by atoms with Crippen LogP contribution in [0.1, 0.15) is 29.2 Å². The van der Waals surface area contributed by atoms with E-state index in [1.807, 2.05) is 18.2 Å². The fraction of sp³-hybridized carbons (Fsp3) is 0.300. The lowest BCUT2D eigenvalue weighted by atomic mass is 10.0. The van der Waals surface area contributed by atoms with E-state index in [9.17, 15) is 0 Å². The molecule has 1 aromatic rings. The third kappa shape index (κ3) is 1.24. The zero-order chi connectivity index (χ0) is 10.1. The first-order valence-corrected chi connectivity index (χ1v) is 4.59. The first-order chi connectivity index (χ1) is 6.74. The highest BCUT2D eigenvalue weighted by Crippen LogP contribution is 2.31. The minimum atomic E-state index is 0.0939. The fourth-order valence-electron chi connectivity index (χ4n) is 1.98. The van der Waals surface area contributed by atoms with Crippen molar-refractivity contribution in [3.63, 3.8) is 0 Å². The molecule has 1 aromatic carbocycles. The second-order valence-electron chi connectivity index (χ2n) is 3.50. The van der Waals surface area contributed by atoms with Crippen LogP contribution in [0, 0.1) is 0 Å². The summed E-state index contributed by atoms with van der Waals surface area (Å²) in [4.78, 5) is 0. The van der Waals surface area contributed by atoms with Crippen molar-refractivity contribution in [2.24, 2.45) is 16.6 Å². The summed E-state index contributed by atoms with van der Waals surface area (Å²) < 4.78 is 0. The van der Waals surface area contributed by atoms with Crippen molar-refractivity contribution in [1.29, 1.82) is 0 Å². The van der Waals surface area contributed by atoms with Gasteiger partial charge >= 0.3 is 0 Å². The predicted molar refractivity (Wildman–Crippen MR) is 54.2 cm³/mol. The summed E-state index contributed by atoms with van der Waals surface area (Å²) in [5.74, 6) is 0.163. The second-order valence-corrected chi connectivity index (χ2v) is 3.50. The molecule has 0 aliphatic heterocycles. The van der Waals surface area contributed by atoms with Gasteiger partial charge in [-0.15, -0.1) is 0 Å². The molecule has 1 atom stereocenters. The molecule has 74 valence electrons. The van der Waals surface area contributed by atoms with Gasteiger partial charge in [-0.2, -0.15) is 0 Å². The number of amidine groups is 1. The van der Waals surface area contributed by atoms with E-state index in [0.29, 0.717) is 0 Å². The van der Waals surface area contributed by atoms with Crippen molar-refractivity contribution in [3.05, 3.63) is 34.9 Å². The lowest BCUT2D eigenvalue weighted by Crippen LogP contribution is -2.15. The number of hydrogen-bond donors (Lipinski definition) is 3. The number of hydrogen-bond acceptors (Lipinski definition) is 3. The van der Waals surface area contributed by atoms with E-state index < -0.39 is 0 Å². The van der Waals surface area contributed by atoms with E-state index >= 15 is 0 Å². The number of nitrogens with zero attached hydrogens (tertiary/aromatic N) is 1. The molecule has 0 aromatic heterocycles. The molecule has 0 bridgehead atoms. The quantitative estimate of drug-likeness (QED) is 0.265. The molecule has 4 heteroatoms. The SMILES string of the molecule is NC(=NO)c1cccc2c1CCC2N. The first-order valence-electron chi connectivity index (χ1n) is 4.59. The Morgan fingerprint density at radius 1 is 1.50 bits per heavy atom. The van der Waals surface area contributed by atoms with Crippen LogP contribution >= 0.6 is 0 Å². The molecule has 0 radical (unpaired) electrons. The number of rotatable bonds is 1. The van der Waals surface area contributed by atoms with Crippen LogP contribution in [-0.4, -0.2) is 11.0 Å². The van der Waals surface area contributed by atoms with Gasteiger partial charge in [0.25, 0.3) is 0 Å². The van der Waals surface area contributed by atoms with Crippen LogP contribution in [0.15, 0.2) is 23.4 Å². The maximum atomic E-state index is 8.62. The molecule has 14 heavy (non-hydrogen) atoms. The Hall–Kier alpha value is -1.55. The topological polar surface area (TPSA) is 84.6 Å². The van der Waals surface area contributed by atoms with Crippen molar-refractivity contribution in [2.45, 2.75) is 18.9 Å². The molecule has 2 rings (SSSR count). The van der Waals surface area contributed by atoms with Gasteiger partial charge in [-0.05, 0) is 24.0 Å². The summed E-state index contributed by atoms with van der Waals surface area (Å²) in [6.45, 7) is 0. The summed E-state index contributed by atoms with van der Waals surface area (Å²) in [6.07, 6.45) is 1.84. The smallest absolute Gasteiger partial charge is 0.170 e. The molecule has 0 fully saturated rings. The van der Waals surface area contributed by atoms with Gasteiger partial charge in [0.05, 0.1) is 0 Å². The van der Waals surface area contributed by atoms with Gasteiger partial charge in [0.1, 0.15) is 0 Å². The van der Waals surface area contributed by atoms with Crippen LogP contribution in [0.5, 0.6) is 0 Å². The maximum absolute atomic E-state index is 8.62. The standard InChI is InChI=1S/C10H13N3O/c11-9-5-4-6-7(9)2-1-3-8(6)10(12)13-14/h1-3,9,14H,4-5,11H2,(H2,12,13). The predicted octanol–water partition coefficient (Wildman–Crippen LogP) is 0.727. The van der Waals surface area contributed by atoms with E-state index in [2.05, 4.69) is 5.16 Å². The Morgan fingerprint density at radius 2 is 2.29 bits per heavy atom. The highest BCUT2D eigenvalue weighted by Gasteiger charge is 2.22. The second kappa shape index (κ2) is 3.31. The monoisotopic (exact) mass is 191 g/mol. The van der Waals surface area contributed by atoms with Crippen molar-refractivity contribution < 1.29 is 5.21 Å². The third-order valence-corrected chi connectivity index (χ3v) is 2.70. The zero-order valence-electron chi connectivity index (χ0n) is 7.77. The largest absolute Gasteiger partial charge is 0.409 e. The van der Waals surface area contributed by atoms with Crippen LogP contribution < -0.4 is 11.5 Å². The van der Waals surface area contributed by atoms with Crippen LogP contribution in [0.25, 0.3) is 0 Å². The summed E-state index contributed by atoms with van der Waals surface area (Å²) >= 11 is 0. The van der Waals surface area contributed by atoms with Gasteiger partial charge in [0.15, 0.2) is 5.84 Å². The molecule has 0 saturated heterocycles. The highest BCUT2D eigenvalue weighted by atomic mass is 16.4. The van der Waals surface area contributed by atoms with Crippen LogP contribution in [0.2, 0.25) is 0 Å². The van der Waals surface area contributed by atoms with Crippen molar-refractivity contribution in [2.75, 3.05) is 0 Å². The lowest BCUT2D eigenvalue weighted by molar-refractivity contribution is 0.318. The summed E-state index contributed by atoms with van der Waals surface area (Å²) in [6, 6.07) is 5.83. The van der Waals surface area contributed by atoms with Crippen molar-refractivity contribution in [3.8, 4) is 0 Å². The van der Waals surface area contributed by atoms with Crippen molar-refractivity contribution in [1.82, 2.24) is 0 Å². The molecule has 0 amide bonds. The molecule has 0 saturated carbocycles. The molecule has 5 N–H and O–H groups in total. The lowest BCUT2D eigenvalue weighted by Gasteiger charge is -2.07. The summed E-state index contributed by atoms with van der Waals surface area (Å²) in [7, 11) is 0. The Bertz CT molecular complexity index is 387. The molecule has 0 heterocycles. The highest BCUT2D eigenvalue weighted by molar-refractivity contribution is 5.98. The number of fused-ring (bicyclic) bond motifs is 1. The van der Waals surface area contributed by atoms with Gasteiger partial charge in [-0.3, -0.25) is 0 Å². The molecule has 1 unspecified atom stereocenters. The van der Waals surface area contributed by atoms with Crippen LogP contribution in [0.4, 0.5) is 0 Å². The van der Waals surface area contributed by atoms with E-state index in [1.54, 1.807) is 0 Å². The Balaban J connectivity index is 2.54. The van der Waals surface area contributed by atoms with Crippen LogP contribution in [-0.2, 0) is 6.42 Å². The minimum Gasteiger partial charge on any atom is -0.409 e. The number of nitrogens with two attached hydrogens (primary N) is 2. The average molecular weight is 191 g/mol. The van der Waals surface area contributed by atoms with Crippen LogP contribution in [0.3, 0.4) is 0 Å². The van der Waals surface area contributed by atoms with Gasteiger partial charge in [-0.25, -0.2) is 0 Å². The average Bonchev–Trinajstić information content (AvgIpc) is 2.59. The van der Waals surface area contributed by atoms with Gasteiger partial charge in [-0.1, -0.05) is 23.4 Å². The number of oxime groups is 1. The molecular formula is C10H13N3O. The first kappa shape index (κ1) is 9.02. The zero-order valence-corrected chi connectivity index (χ0v) is 7.77. The molecule has 1 aliphatic rings. The Morgan fingerprint density at radius 3 is 3.00 bits per heavy atom. The van der Waals surface area contributed by atoms with Gasteiger partial charge in [0.2, 0.25) is 0 Å². The summed E-state index contributed by atoms with van der Waals surface area (Å²) in [5.41, 5.74) is 14.5. The maximum Gasteiger partial charge on any atom is 0.170 e. The molecule has 0 spiro atoms. The normalized spacial score (nSPS) is 20.9. The summed E-state index contributed by atoms with van der Waals surface area (Å²) in [5, 5.41) is 11.6.